The van der Waals surface area contributed by atoms with Gasteiger partial charge in [0.2, 0.25) is 5.95 Å². The number of thioether (sulfide) groups is 1. The van der Waals surface area contributed by atoms with Gasteiger partial charge in [-0.15, -0.1) is 10.2 Å². The third-order valence-corrected chi connectivity index (χ3v) is 7.33. The topological polar surface area (TPSA) is 69.5 Å². The Balaban J connectivity index is 1.72. The van der Waals surface area contributed by atoms with Crippen molar-refractivity contribution in [1.82, 2.24) is 14.8 Å². The number of para-hydroxylation sites is 1. The third-order valence-electron chi connectivity index (χ3n) is 5.99. The van der Waals surface area contributed by atoms with Gasteiger partial charge >= 0.3 is 5.97 Å². The summed E-state index contributed by atoms with van der Waals surface area (Å²) in [5.41, 5.74) is 0.487. The van der Waals surface area contributed by atoms with Crippen molar-refractivity contribution in [3.63, 3.8) is 0 Å². The molecule has 29 heavy (non-hydrogen) atoms. The lowest BCUT2D eigenvalue weighted by Gasteiger charge is -2.44. The first kappa shape index (κ1) is 20.2. The molecular formula is C21H28N4O3S. The van der Waals surface area contributed by atoms with E-state index < -0.39 is 10.9 Å². The van der Waals surface area contributed by atoms with Crippen LogP contribution in [-0.2, 0) is 14.3 Å². The van der Waals surface area contributed by atoms with E-state index in [4.69, 9.17) is 9.47 Å². The number of piperidine rings is 1. The first-order valence-corrected chi connectivity index (χ1v) is 11.1. The molecule has 2 aromatic rings. The SMILES string of the molecule is COC(=O)C(Sc1nnc(N2CCCCC2)n1-c1ccccc1)C1(OC)CCC1. The van der Waals surface area contributed by atoms with E-state index in [1.807, 2.05) is 30.3 Å². The number of carbonyl (C=O) groups is 1. The molecule has 1 aromatic heterocycles. The van der Waals surface area contributed by atoms with Crippen molar-refractivity contribution >= 4 is 23.7 Å². The largest absolute Gasteiger partial charge is 0.468 e. The molecule has 0 bridgehead atoms. The van der Waals surface area contributed by atoms with Crippen LogP contribution in [-0.4, -0.2) is 58.9 Å². The number of anilines is 1. The first-order valence-electron chi connectivity index (χ1n) is 10.2. The molecule has 156 valence electrons. The molecule has 2 fully saturated rings. The maximum absolute atomic E-state index is 12.7. The van der Waals surface area contributed by atoms with Crippen molar-refractivity contribution in [1.29, 1.82) is 0 Å². The van der Waals surface area contributed by atoms with Crippen molar-refractivity contribution in [2.45, 2.75) is 54.5 Å². The summed E-state index contributed by atoms with van der Waals surface area (Å²) in [4.78, 5) is 15.0. The van der Waals surface area contributed by atoms with E-state index in [0.717, 1.165) is 56.8 Å². The first-order chi connectivity index (χ1) is 14.2. The second kappa shape index (κ2) is 8.75. The quantitative estimate of drug-likeness (QED) is 0.506. The average Bonchev–Trinajstić information content (AvgIpc) is 3.17. The van der Waals surface area contributed by atoms with Crippen LogP contribution in [0.5, 0.6) is 0 Å². The second-order valence-corrected chi connectivity index (χ2v) is 8.72. The smallest absolute Gasteiger partial charge is 0.322 e. The molecule has 1 aliphatic heterocycles. The zero-order valence-corrected chi connectivity index (χ0v) is 17.9. The summed E-state index contributed by atoms with van der Waals surface area (Å²) in [5, 5.41) is 9.24. The Labute approximate surface area is 175 Å². The van der Waals surface area contributed by atoms with E-state index in [-0.39, 0.29) is 5.97 Å². The number of methoxy groups -OCH3 is 2. The lowest BCUT2D eigenvalue weighted by molar-refractivity contribution is -0.151. The number of esters is 1. The van der Waals surface area contributed by atoms with Crippen LogP contribution >= 0.6 is 11.8 Å². The van der Waals surface area contributed by atoms with Crippen LogP contribution in [0, 0.1) is 0 Å². The normalized spacial score (nSPS) is 19.4. The maximum atomic E-state index is 12.7. The summed E-state index contributed by atoms with van der Waals surface area (Å²) in [7, 11) is 3.11. The molecule has 4 rings (SSSR count). The van der Waals surface area contributed by atoms with Crippen molar-refractivity contribution in [3.05, 3.63) is 30.3 Å². The number of nitrogens with zero attached hydrogens (tertiary/aromatic N) is 4. The molecular weight excluding hydrogens is 388 g/mol. The van der Waals surface area contributed by atoms with Gasteiger partial charge < -0.3 is 14.4 Å². The number of benzene rings is 1. The van der Waals surface area contributed by atoms with Gasteiger partial charge in [0.05, 0.1) is 18.4 Å². The Bertz CT molecular complexity index is 826. The molecule has 1 saturated heterocycles. The van der Waals surface area contributed by atoms with Gasteiger partial charge in [0.25, 0.3) is 0 Å². The molecule has 7 nitrogen and oxygen atoms in total. The van der Waals surface area contributed by atoms with Gasteiger partial charge in [0.1, 0.15) is 5.25 Å². The molecule has 2 heterocycles. The van der Waals surface area contributed by atoms with Crippen LogP contribution in [0.15, 0.2) is 35.5 Å². The minimum Gasteiger partial charge on any atom is -0.468 e. The molecule has 1 saturated carbocycles. The molecule has 1 atom stereocenters. The fraction of sp³-hybridized carbons (Fsp3) is 0.571. The summed E-state index contributed by atoms with van der Waals surface area (Å²) in [5.74, 6) is 0.556. The number of hydrogen-bond acceptors (Lipinski definition) is 7. The number of aromatic nitrogens is 3. The summed E-state index contributed by atoms with van der Waals surface area (Å²) in [6.07, 6.45) is 6.29. The highest BCUT2D eigenvalue weighted by Gasteiger charge is 2.50. The van der Waals surface area contributed by atoms with Crippen molar-refractivity contribution in [2.75, 3.05) is 32.2 Å². The average molecular weight is 417 g/mol. The number of carbonyl (C=O) groups excluding carboxylic acids is 1. The fourth-order valence-corrected chi connectivity index (χ4v) is 5.45. The van der Waals surface area contributed by atoms with Gasteiger partial charge in [-0.25, -0.2) is 0 Å². The van der Waals surface area contributed by atoms with E-state index in [1.54, 1.807) is 7.11 Å². The molecule has 8 heteroatoms. The number of ether oxygens (including phenoxy) is 2. The van der Waals surface area contributed by atoms with Crippen molar-refractivity contribution in [2.24, 2.45) is 0 Å². The van der Waals surface area contributed by atoms with Crippen LogP contribution < -0.4 is 4.90 Å². The van der Waals surface area contributed by atoms with Crippen LogP contribution in [0.4, 0.5) is 5.95 Å². The molecule has 0 spiro atoms. The zero-order valence-electron chi connectivity index (χ0n) is 17.0. The standard InChI is InChI=1S/C21H28N4O3S/c1-27-18(26)17(21(28-2)12-9-13-21)29-20-23-22-19(24-14-7-4-8-15-24)25(20)16-10-5-3-6-11-16/h3,5-6,10-11,17H,4,7-9,12-15H2,1-2H3. The zero-order chi connectivity index (χ0) is 20.3. The fourth-order valence-electron chi connectivity index (χ4n) is 4.12. The van der Waals surface area contributed by atoms with Gasteiger partial charge in [0.15, 0.2) is 5.16 Å². The van der Waals surface area contributed by atoms with E-state index in [0.29, 0.717) is 5.16 Å². The van der Waals surface area contributed by atoms with E-state index >= 15 is 0 Å². The maximum Gasteiger partial charge on any atom is 0.322 e. The van der Waals surface area contributed by atoms with E-state index in [2.05, 4.69) is 19.7 Å². The van der Waals surface area contributed by atoms with E-state index in [1.165, 1.54) is 25.3 Å². The minimum absolute atomic E-state index is 0.279. The van der Waals surface area contributed by atoms with Crippen LogP contribution in [0.2, 0.25) is 0 Å². The predicted octanol–water partition coefficient (Wildman–Crippen LogP) is 3.46. The van der Waals surface area contributed by atoms with Gasteiger partial charge in [-0.05, 0) is 50.7 Å². The van der Waals surface area contributed by atoms with Crippen LogP contribution in [0.3, 0.4) is 0 Å². The highest BCUT2D eigenvalue weighted by Crippen LogP contribution is 2.46. The summed E-state index contributed by atoms with van der Waals surface area (Å²) in [6, 6.07) is 10.1. The molecule has 0 amide bonds. The molecule has 2 aliphatic rings. The third kappa shape index (κ3) is 3.88. The van der Waals surface area contributed by atoms with Crippen molar-refractivity contribution < 1.29 is 14.3 Å². The monoisotopic (exact) mass is 416 g/mol. The molecule has 1 unspecified atom stereocenters. The highest BCUT2D eigenvalue weighted by atomic mass is 32.2. The Hall–Kier alpha value is -2.06. The Morgan fingerprint density at radius 3 is 2.38 bits per heavy atom. The Kier molecular flexibility index (Phi) is 6.10. The molecule has 0 N–H and O–H groups in total. The van der Waals surface area contributed by atoms with Gasteiger partial charge in [0, 0.05) is 20.2 Å². The van der Waals surface area contributed by atoms with Crippen LogP contribution in [0.1, 0.15) is 38.5 Å². The minimum atomic E-state index is -0.503. The number of rotatable bonds is 7. The van der Waals surface area contributed by atoms with Crippen molar-refractivity contribution in [3.8, 4) is 5.69 Å². The second-order valence-electron chi connectivity index (χ2n) is 7.64. The Morgan fingerprint density at radius 1 is 1.07 bits per heavy atom. The van der Waals surface area contributed by atoms with Gasteiger partial charge in [-0.1, -0.05) is 30.0 Å². The van der Waals surface area contributed by atoms with Crippen LogP contribution in [0.25, 0.3) is 5.69 Å². The summed E-state index contributed by atoms with van der Waals surface area (Å²) >= 11 is 1.40. The summed E-state index contributed by atoms with van der Waals surface area (Å²) < 4.78 is 13.0. The van der Waals surface area contributed by atoms with Gasteiger partial charge in [-0.3, -0.25) is 9.36 Å². The van der Waals surface area contributed by atoms with E-state index in [9.17, 15) is 4.79 Å². The molecule has 1 aliphatic carbocycles. The lowest BCUT2D eigenvalue weighted by atomic mass is 9.77. The molecule has 1 aromatic carbocycles. The predicted molar refractivity (Wildman–Crippen MR) is 113 cm³/mol. The van der Waals surface area contributed by atoms with Gasteiger partial charge in [-0.2, -0.15) is 0 Å². The highest BCUT2D eigenvalue weighted by molar-refractivity contribution is 8.00. The summed E-state index contributed by atoms with van der Waals surface area (Å²) in [6.45, 7) is 1.94. The number of hydrogen-bond donors (Lipinski definition) is 0. The molecule has 0 radical (unpaired) electrons. The Morgan fingerprint density at radius 2 is 1.79 bits per heavy atom. The lowest BCUT2D eigenvalue weighted by Crippen LogP contribution is -2.52.